The van der Waals surface area contributed by atoms with Gasteiger partial charge in [-0.2, -0.15) is 0 Å². The molecule has 2 aromatic rings. The van der Waals surface area contributed by atoms with Crippen LogP contribution in [0.3, 0.4) is 0 Å². The summed E-state index contributed by atoms with van der Waals surface area (Å²) in [5, 5.41) is 24.9. The molecule has 2 aromatic carbocycles. The van der Waals surface area contributed by atoms with Crippen molar-refractivity contribution in [2.24, 2.45) is 5.16 Å². The average molecular weight is 636 g/mol. The van der Waals surface area contributed by atoms with Gasteiger partial charge in [0.05, 0.1) is 12.1 Å². The van der Waals surface area contributed by atoms with E-state index in [9.17, 15) is 15.0 Å². The third-order valence-corrected chi connectivity index (χ3v) is 7.59. The predicted molar refractivity (Wildman–Crippen MR) is 167 cm³/mol. The molecule has 3 aliphatic heterocycles. The van der Waals surface area contributed by atoms with Gasteiger partial charge in [0.25, 0.3) is 0 Å². The van der Waals surface area contributed by atoms with Crippen LogP contribution in [-0.2, 0) is 33.3 Å². The molecule has 0 bridgehead atoms. The molecule has 11 heteroatoms. The molecule has 0 saturated carbocycles. The first-order valence-corrected chi connectivity index (χ1v) is 15.4. The van der Waals surface area contributed by atoms with E-state index in [0.717, 1.165) is 11.1 Å². The molecule has 46 heavy (non-hydrogen) atoms. The van der Waals surface area contributed by atoms with Gasteiger partial charge in [0.1, 0.15) is 61.7 Å². The quantitative estimate of drug-likeness (QED) is 0.124. The number of aliphatic hydroxyl groups is 2. The summed E-state index contributed by atoms with van der Waals surface area (Å²) < 4.78 is 34.8. The molecule has 2 fully saturated rings. The Bertz CT molecular complexity index is 1430. The van der Waals surface area contributed by atoms with Crippen LogP contribution in [0.2, 0.25) is 0 Å². The Labute approximate surface area is 269 Å². The van der Waals surface area contributed by atoms with Crippen molar-refractivity contribution in [3.05, 3.63) is 77.9 Å². The highest BCUT2D eigenvalue weighted by molar-refractivity contribution is 5.85. The van der Waals surface area contributed by atoms with Gasteiger partial charge < -0.3 is 43.5 Å². The lowest BCUT2D eigenvalue weighted by atomic mass is 10.1. The maximum absolute atomic E-state index is 12.6. The van der Waals surface area contributed by atoms with Crippen LogP contribution < -0.4 is 4.74 Å². The van der Waals surface area contributed by atoms with Gasteiger partial charge in [-0.15, -0.1) is 0 Å². The third kappa shape index (κ3) is 9.16. The minimum Gasteiger partial charge on any atom is -0.483 e. The van der Waals surface area contributed by atoms with E-state index < -0.39 is 60.8 Å². The van der Waals surface area contributed by atoms with Crippen molar-refractivity contribution in [3.63, 3.8) is 0 Å². The Morgan fingerprint density at radius 1 is 1.04 bits per heavy atom. The van der Waals surface area contributed by atoms with Gasteiger partial charge in [-0.05, 0) is 70.5 Å². The molecule has 0 unspecified atom stereocenters. The molecule has 8 atom stereocenters. The van der Waals surface area contributed by atoms with E-state index >= 15 is 0 Å². The highest BCUT2D eigenvalue weighted by Gasteiger charge is 2.56. The fraction of sp³-hybridized carbons (Fsp3) is 0.486. The van der Waals surface area contributed by atoms with E-state index in [4.69, 9.17) is 33.3 Å². The van der Waals surface area contributed by atoms with Gasteiger partial charge in [-0.3, -0.25) is 4.79 Å². The van der Waals surface area contributed by atoms with Crippen molar-refractivity contribution in [2.75, 3.05) is 13.2 Å². The zero-order chi connectivity index (χ0) is 32.7. The molecular formula is C35H41NO10. The molecule has 2 N–H and O–H groups in total. The first-order valence-electron chi connectivity index (χ1n) is 15.4. The second-order valence-electron chi connectivity index (χ2n) is 11.9. The van der Waals surface area contributed by atoms with Crippen LogP contribution in [0.5, 0.6) is 5.75 Å². The number of fused-ring (bicyclic) bond motifs is 1. The highest BCUT2D eigenvalue weighted by Crippen LogP contribution is 2.38. The molecule has 246 valence electrons. The van der Waals surface area contributed by atoms with E-state index in [1.54, 1.807) is 20.8 Å². The number of hydrogen-bond acceptors (Lipinski definition) is 11. The molecule has 5 rings (SSSR count). The summed E-state index contributed by atoms with van der Waals surface area (Å²) in [5.41, 5.74) is 2.51. The fourth-order valence-electron chi connectivity index (χ4n) is 5.16. The number of hydrogen-bond donors (Lipinski definition) is 2. The fourth-order valence-corrected chi connectivity index (χ4v) is 5.16. The van der Waals surface area contributed by atoms with Crippen LogP contribution in [0.15, 0.2) is 71.9 Å². The normalized spacial score (nSPS) is 28.9. The van der Waals surface area contributed by atoms with Gasteiger partial charge in [-0.1, -0.05) is 52.9 Å². The first-order chi connectivity index (χ1) is 22.1. The van der Waals surface area contributed by atoms with Crippen LogP contribution in [0.25, 0.3) is 0 Å². The molecule has 0 radical (unpaired) electrons. The van der Waals surface area contributed by atoms with E-state index in [2.05, 4.69) is 17.0 Å². The van der Waals surface area contributed by atoms with Gasteiger partial charge >= 0.3 is 5.97 Å². The number of aliphatic hydroxyl groups excluding tert-OH is 2. The first kappa shape index (κ1) is 33.6. The zero-order valence-corrected chi connectivity index (χ0v) is 26.4. The third-order valence-electron chi connectivity index (χ3n) is 7.59. The largest absolute Gasteiger partial charge is 0.483 e. The Kier molecular flexibility index (Phi) is 11.1. The summed E-state index contributed by atoms with van der Waals surface area (Å²) >= 11 is 0. The summed E-state index contributed by atoms with van der Waals surface area (Å²) in [6.07, 6.45) is -2.16. The molecule has 3 aliphatic rings. The summed E-state index contributed by atoms with van der Waals surface area (Å²) in [4.78, 5) is 17.9. The maximum atomic E-state index is 12.6. The van der Waals surface area contributed by atoms with Crippen molar-refractivity contribution >= 4 is 11.7 Å². The number of nitrogens with zero attached hydrogens (tertiary/aromatic N) is 1. The van der Waals surface area contributed by atoms with E-state index in [-0.39, 0.29) is 26.1 Å². The van der Waals surface area contributed by atoms with Gasteiger partial charge in [0.2, 0.25) is 0 Å². The lowest BCUT2D eigenvalue weighted by Crippen LogP contribution is -2.42. The van der Waals surface area contributed by atoms with E-state index in [1.165, 1.54) is 0 Å². The van der Waals surface area contributed by atoms with Crippen molar-refractivity contribution in [3.8, 4) is 17.6 Å². The smallest absolute Gasteiger partial charge is 0.306 e. The summed E-state index contributed by atoms with van der Waals surface area (Å²) in [6, 6.07) is 17.3. The predicted octanol–water partition coefficient (Wildman–Crippen LogP) is 3.43. The molecule has 0 aromatic heterocycles. The molecular weight excluding hydrogens is 594 g/mol. The Morgan fingerprint density at radius 3 is 2.54 bits per heavy atom. The number of rotatable bonds is 11. The van der Waals surface area contributed by atoms with Crippen LogP contribution in [-0.4, -0.2) is 89.9 Å². The highest BCUT2D eigenvalue weighted by atomic mass is 16.8. The van der Waals surface area contributed by atoms with E-state index in [0.29, 0.717) is 11.5 Å². The molecule has 0 spiro atoms. The average Bonchev–Trinajstić information content (AvgIpc) is 3.51. The topological polar surface area (TPSA) is 135 Å². The van der Waals surface area contributed by atoms with Crippen LogP contribution in [0, 0.1) is 18.8 Å². The number of carbonyl (C=O) groups is 1. The van der Waals surface area contributed by atoms with Gasteiger partial charge in [0, 0.05) is 5.56 Å². The van der Waals surface area contributed by atoms with Crippen molar-refractivity contribution < 1.29 is 48.3 Å². The number of aryl methyl sites for hydroxylation is 1. The van der Waals surface area contributed by atoms with Crippen molar-refractivity contribution in [2.45, 2.75) is 95.3 Å². The minimum atomic E-state index is -1.17. The summed E-state index contributed by atoms with van der Waals surface area (Å²) in [7, 11) is 0. The standard InChI is InChI=1S/C35H41NO10/c1-22-10-14-25(15-11-22)42-28-18-17-26(16-13-24-8-6-5-7-9-24)43-29(28)21-40-30(38)19-12-23(2)36-41-20-27(37)32-31(39)33-34(44-32)46-35(3,4)45-33/h5-11,14-15,17-18,26-29,31-34,37,39H,12,19-21H2,1-4H3/b36-23-/t26-,27-,28+,29+,31-,32-,33+,34+/m1/s1. The lowest BCUT2D eigenvalue weighted by molar-refractivity contribution is -0.228. The van der Waals surface area contributed by atoms with Crippen molar-refractivity contribution in [1.29, 1.82) is 0 Å². The van der Waals surface area contributed by atoms with Crippen LogP contribution in [0.4, 0.5) is 0 Å². The monoisotopic (exact) mass is 635 g/mol. The Morgan fingerprint density at radius 2 is 1.80 bits per heavy atom. The van der Waals surface area contributed by atoms with Crippen LogP contribution >= 0.6 is 0 Å². The Hall–Kier alpha value is -3.76. The summed E-state index contributed by atoms with van der Waals surface area (Å²) in [6.45, 7) is 6.89. The van der Waals surface area contributed by atoms with Crippen molar-refractivity contribution in [1.82, 2.24) is 0 Å². The van der Waals surface area contributed by atoms with E-state index in [1.807, 2.05) is 73.7 Å². The Balaban J connectivity index is 1.08. The molecule has 2 saturated heterocycles. The zero-order valence-electron chi connectivity index (χ0n) is 26.4. The number of ether oxygens (including phenoxy) is 6. The number of esters is 1. The van der Waals surface area contributed by atoms with Gasteiger partial charge in [-0.25, -0.2) is 0 Å². The molecule has 11 nitrogen and oxygen atoms in total. The second kappa shape index (κ2) is 15.2. The second-order valence-corrected chi connectivity index (χ2v) is 11.9. The van der Waals surface area contributed by atoms with Gasteiger partial charge in [0.15, 0.2) is 12.1 Å². The number of oxime groups is 1. The molecule has 3 heterocycles. The SMILES string of the molecule is C/C(CCC(=O)OC[C@@H]1O[C@H](C#Cc2ccccc2)C=C[C@@H]1Oc1ccc(C)cc1)=N/OC[C@@H](O)[C@H]1O[C@H]2OC(C)(C)O[C@H]2[C@@H]1O. The summed E-state index contributed by atoms with van der Waals surface area (Å²) in [5.74, 6) is 5.59. The maximum Gasteiger partial charge on any atom is 0.306 e. The lowest BCUT2D eigenvalue weighted by Gasteiger charge is -2.30. The molecule has 0 aliphatic carbocycles. The minimum absolute atomic E-state index is 0.0293. The molecule has 0 amide bonds. The number of carbonyl (C=O) groups excluding carboxylic acids is 1. The number of benzene rings is 2. The van der Waals surface area contributed by atoms with Crippen LogP contribution in [0.1, 0.15) is 44.7 Å².